The number of hydrogen-bond donors (Lipinski definition) is 1. The molecule has 0 heterocycles. The second kappa shape index (κ2) is 10.7. The van der Waals surface area contributed by atoms with Crippen LogP contribution in [0, 0.1) is 0 Å². The number of carbonyl (C=O) groups is 2. The fraction of sp³-hybridized carbons (Fsp3) is 0.280. The first-order chi connectivity index (χ1) is 15.3. The van der Waals surface area contributed by atoms with Gasteiger partial charge in [0, 0.05) is 33.6 Å². The van der Waals surface area contributed by atoms with E-state index in [1.165, 1.54) is 4.90 Å². The van der Waals surface area contributed by atoms with Crippen LogP contribution < -0.4 is 10.1 Å². The molecular weight excluding hydrogens is 447 g/mol. The van der Waals surface area contributed by atoms with Crippen molar-refractivity contribution in [3.63, 3.8) is 0 Å². The van der Waals surface area contributed by atoms with Crippen LogP contribution in [-0.4, -0.2) is 35.4 Å². The van der Waals surface area contributed by atoms with Crippen LogP contribution in [0.4, 0.5) is 0 Å². The van der Waals surface area contributed by atoms with E-state index in [4.69, 9.17) is 27.9 Å². The molecule has 0 aliphatic heterocycles. The molecule has 0 bridgehead atoms. The smallest absolute Gasteiger partial charge is 0.261 e. The minimum Gasteiger partial charge on any atom is -0.483 e. The van der Waals surface area contributed by atoms with Crippen molar-refractivity contribution in [3.8, 4) is 5.75 Å². The zero-order chi connectivity index (χ0) is 23.3. The lowest BCUT2D eigenvalue weighted by Gasteiger charge is -2.30. The molecule has 32 heavy (non-hydrogen) atoms. The Balaban J connectivity index is 1.84. The number of ether oxygens (including phenoxy) is 1. The van der Waals surface area contributed by atoms with Crippen molar-refractivity contribution in [2.24, 2.45) is 0 Å². The van der Waals surface area contributed by atoms with Gasteiger partial charge in [0.05, 0.1) is 0 Å². The summed E-state index contributed by atoms with van der Waals surface area (Å²) in [5, 5.41) is 5.64. The molecule has 0 radical (unpaired) electrons. The zero-order valence-electron chi connectivity index (χ0n) is 18.3. The number of fused-ring (bicyclic) bond motifs is 1. The van der Waals surface area contributed by atoms with Crippen LogP contribution >= 0.6 is 23.2 Å². The van der Waals surface area contributed by atoms with Crippen LogP contribution in [0.1, 0.15) is 26.3 Å². The molecule has 5 nitrogen and oxygen atoms in total. The molecule has 0 saturated carbocycles. The lowest BCUT2D eigenvalue weighted by molar-refractivity contribution is -0.142. The van der Waals surface area contributed by atoms with Gasteiger partial charge < -0.3 is 15.0 Å². The van der Waals surface area contributed by atoms with E-state index in [9.17, 15) is 9.59 Å². The Labute approximate surface area is 198 Å². The maximum Gasteiger partial charge on any atom is 0.261 e. The average Bonchev–Trinajstić information content (AvgIpc) is 2.76. The molecule has 0 aromatic heterocycles. The van der Waals surface area contributed by atoms with E-state index in [-0.39, 0.29) is 31.0 Å². The van der Waals surface area contributed by atoms with E-state index >= 15 is 0 Å². The van der Waals surface area contributed by atoms with Gasteiger partial charge in [0.1, 0.15) is 11.8 Å². The maximum absolute atomic E-state index is 13.2. The fourth-order valence-electron chi connectivity index (χ4n) is 3.39. The van der Waals surface area contributed by atoms with Gasteiger partial charge in [-0.15, -0.1) is 0 Å². The van der Waals surface area contributed by atoms with Gasteiger partial charge in [-0.3, -0.25) is 9.59 Å². The van der Waals surface area contributed by atoms with E-state index in [0.29, 0.717) is 21.4 Å². The van der Waals surface area contributed by atoms with Crippen LogP contribution in [0.3, 0.4) is 0 Å². The Morgan fingerprint density at radius 1 is 0.938 bits per heavy atom. The summed E-state index contributed by atoms with van der Waals surface area (Å²) in [6.07, 6.45) is 0. The van der Waals surface area contributed by atoms with Gasteiger partial charge in [-0.05, 0) is 44.4 Å². The van der Waals surface area contributed by atoms with Crippen molar-refractivity contribution in [1.82, 2.24) is 10.2 Å². The third kappa shape index (κ3) is 5.72. The molecule has 168 valence electrons. The monoisotopic (exact) mass is 472 g/mol. The summed E-state index contributed by atoms with van der Waals surface area (Å²) in [5.41, 5.74) is 0.582. The van der Waals surface area contributed by atoms with Gasteiger partial charge in [-0.1, -0.05) is 65.7 Å². The van der Waals surface area contributed by atoms with Crippen molar-refractivity contribution in [2.75, 3.05) is 6.61 Å². The summed E-state index contributed by atoms with van der Waals surface area (Å²) < 4.78 is 5.88. The summed E-state index contributed by atoms with van der Waals surface area (Å²) >= 11 is 12.7. The molecule has 3 rings (SSSR count). The molecule has 1 N–H and O–H groups in total. The fourth-order valence-corrected chi connectivity index (χ4v) is 3.90. The summed E-state index contributed by atoms with van der Waals surface area (Å²) in [7, 11) is 0. The quantitative estimate of drug-likeness (QED) is 0.472. The second-order valence-electron chi connectivity index (χ2n) is 7.83. The molecule has 3 aromatic rings. The molecule has 0 fully saturated rings. The lowest BCUT2D eigenvalue weighted by atomic mass is 10.1. The Bertz CT molecular complexity index is 1090. The normalized spacial score (nSPS) is 11.9. The minimum atomic E-state index is -0.742. The molecule has 0 spiro atoms. The number of benzene rings is 3. The predicted molar refractivity (Wildman–Crippen MR) is 129 cm³/mol. The highest BCUT2D eigenvalue weighted by Crippen LogP contribution is 2.28. The molecule has 0 saturated heterocycles. The van der Waals surface area contributed by atoms with Crippen LogP contribution in [0.2, 0.25) is 10.0 Å². The van der Waals surface area contributed by atoms with E-state index in [0.717, 1.165) is 10.8 Å². The molecule has 1 atom stereocenters. The average molecular weight is 473 g/mol. The van der Waals surface area contributed by atoms with Gasteiger partial charge in [0.2, 0.25) is 5.91 Å². The third-order valence-corrected chi connectivity index (χ3v) is 5.80. The van der Waals surface area contributed by atoms with E-state index in [1.807, 2.05) is 56.3 Å². The first-order valence-electron chi connectivity index (χ1n) is 10.4. The van der Waals surface area contributed by atoms with Crippen molar-refractivity contribution < 1.29 is 14.3 Å². The van der Waals surface area contributed by atoms with Crippen molar-refractivity contribution >= 4 is 45.8 Å². The number of carbonyl (C=O) groups excluding carboxylic acids is 2. The summed E-state index contributed by atoms with van der Waals surface area (Å²) in [6.45, 7) is 5.27. The Hall–Kier alpha value is -2.76. The highest BCUT2D eigenvalue weighted by molar-refractivity contribution is 6.36. The number of rotatable bonds is 8. The third-order valence-electron chi connectivity index (χ3n) is 5.09. The number of halogens is 2. The molecule has 1 unspecified atom stereocenters. The molecule has 0 aliphatic rings. The second-order valence-corrected chi connectivity index (χ2v) is 8.64. The number of nitrogens with one attached hydrogen (secondary N) is 1. The van der Waals surface area contributed by atoms with Crippen molar-refractivity contribution in [1.29, 1.82) is 0 Å². The molecule has 0 aliphatic carbocycles. The summed E-state index contributed by atoms with van der Waals surface area (Å²) in [4.78, 5) is 27.4. The highest BCUT2D eigenvalue weighted by atomic mass is 35.5. The summed E-state index contributed by atoms with van der Waals surface area (Å²) in [5.74, 6) is -0.00604. The van der Waals surface area contributed by atoms with Crippen LogP contribution in [0.15, 0.2) is 60.7 Å². The molecule has 2 amide bonds. The zero-order valence-corrected chi connectivity index (χ0v) is 19.8. The largest absolute Gasteiger partial charge is 0.483 e. The highest BCUT2D eigenvalue weighted by Gasteiger charge is 2.28. The van der Waals surface area contributed by atoms with Crippen molar-refractivity contribution in [2.45, 2.75) is 39.4 Å². The van der Waals surface area contributed by atoms with Crippen LogP contribution in [0.25, 0.3) is 10.8 Å². The number of amides is 2. The minimum absolute atomic E-state index is 0.0577. The van der Waals surface area contributed by atoms with E-state index < -0.39 is 6.04 Å². The molecule has 7 heteroatoms. The van der Waals surface area contributed by atoms with Gasteiger partial charge in [0.15, 0.2) is 6.61 Å². The lowest BCUT2D eigenvalue weighted by Crippen LogP contribution is -2.50. The molecule has 3 aromatic carbocycles. The van der Waals surface area contributed by atoms with Crippen LogP contribution in [-0.2, 0) is 16.1 Å². The number of hydrogen-bond acceptors (Lipinski definition) is 3. The summed E-state index contributed by atoms with van der Waals surface area (Å²) in [6, 6.07) is 17.8. The number of nitrogens with zero attached hydrogens (tertiary/aromatic N) is 1. The predicted octanol–water partition coefficient (Wildman–Crippen LogP) is 5.47. The molecular formula is C25H26Cl2N2O3. The van der Waals surface area contributed by atoms with Gasteiger partial charge >= 0.3 is 0 Å². The Morgan fingerprint density at radius 3 is 2.25 bits per heavy atom. The SMILES string of the molecule is CC(C)NC(=O)C(C)N(Cc1c(Cl)cccc1Cl)C(=O)COc1cccc2ccccc12. The standard InChI is InChI=1S/C25H26Cl2N2O3/c1-16(2)28-25(31)17(3)29(14-20-21(26)11-7-12-22(20)27)24(30)15-32-23-13-6-9-18-8-4-5-10-19(18)23/h4-13,16-17H,14-15H2,1-3H3,(H,28,31). The topological polar surface area (TPSA) is 58.6 Å². The van der Waals surface area contributed by atoms with E-state index in [2.05, 4.69) is 5.32 Å². The van der Waals surface area contributed by atoms with Gasteiger partial charge in [0.25, 0.3) is 5.91 Å². The van der Waals surface area contributed by atoms with Gasteiger partial charge in [-0.2, -0.15) is 0 Å². The van der Waals surface area contributed by atoms with Gasteiger partial charge in [-0.25, -0.2) is 0 Å². The van der Waals surface area contributed by atoms with Crippen molar-refractivity contribution in [3.05, 3.63) is 76.3 Å². The van der Waals surface area contributed by atoms with E-state index in [1.54, 1.807) is 25.1 Å². The Kier molecular flexibility index (Phi) is 7.99. The first-order valence-corrected chi connectivity index (χ1v) is 11.2. The maximum atomic E-state index is 13.2. The first kappa shape index (κ1) is 23.9. The Morgan fingerprint density at radius 2 is 1.56 bits per heavy atom. The van der Waals surface area contributed by atoms with Crippen LogP contribution in [0.5, 0.6) is 5.75 Å².